The van der Waals surface area contributed by atoms with Crippen LogP contribution >= 0.6 is 0 Å². The van der Waals surface area contributed by atoms with E-state index in [-0.39, 0.29) is 29.6 Å². The average Bonchev–Trinajstić information content (AvgIpc) is 2.74. The van der Waals surface area contributed by atoms with E-state index in [1.54, 1.807) is 24.1 Å². The predicted octanol–water partition coefficient (Wildman–Crippen LogP) is 4.23. The number of benzene rings is 2. The maximum atomic E-state index is 13.3. The molecule has 1 aliphatic heterocycles. The van der Waals surface area contributed by atoms with Gasteiger partial charge in [0.2, 0.25) is 5.91 Å². The van der Waals surface area contributed by atoms with E-state index < -0.39 is 11.7 Å². The lowest BCUT2D eigenvalue weighted by Gasteiger charge is -2.33. The Morgan fingerprint density at radius 3 is 2.57 bits per heavy atom. The summed E-state index contributed by atoms with van der Waals surface area (Å²) in [5.74, 6) is 0.621. The first-order chi connectivity index (χ1) is 14.3. The molecular formula is C22H22F3N3O2. The van der Waals surface area contributed by atoms with E-state index in [0.717, 1.165) is 11.6 Å². The minimum absolute atomic E-state index is 0.0349. The van der Waals surface area contributed by atoms with Crippen LogP contribution in [0.25, 0.3) is 0 Å². The van der Waals surface area contributed by atoms with E-state index >= 15 is 0 Å². The number of carbonyl (C=O) groups excluding carboxylic acids is 1. The smallest absolute Gasteiger partial charge is 0.418 e. The number of alkyl halides is 3. The number of halogens is 3. The highest BCUT2D eigenvalue weighted by Gasteiger charge is 2.35. The van der Waals surface area contributed by atoms with Gasteiger partial charge in [-0.25, -0.2) is 0 Å². The van der Waals surface area contributed by atoms with Crippen molar-refractivity contribution in [2.45, 2.75) is 31.5 Å². The van der Waals surface area contributed by atoms with Gasteiger partial charge in [-0.05, 0) is 37.1 Å². The molecule has 0 saturated carbocycles. The molecule has 8 heteroatoms. The molecule has 158 valence electrons. The number of nitrogens with one attached hydrogen (secondary N) is 1. The van der Waals surface area contributed by atoms with E-state index in [2.05, 4.69) is 5.32 Å². The van der Waals surface area contributed by atoms with Crippen LogP contribution in [0.3, 0.4) is 0 Å². The highest BCUT2D eigenvalue weighted by atomic mass is 19.4. The molecule has 2 aromatic carbocycles. The summed E-state index contributed by atoms with van der Waals surface area (Å²) < 4.78 is 45.3. The SMILES string of the molecule is COc1ccccc1CC(=O)N1CCC(Nc2ccc(C#N)cc2C(F)(F)F)CC1. The highest BCUT2D eigenvalue weighted by Crippen LogP contribution is 2.36. The minimum atomic E-state index is -4.55. The first-order valence-electron chi connectivity index (χ1n) is 9.59. The van der Waals surface area contributed by atoms with Gasteiger partial charge in [0.15, 0.2) is 0 Å². The zero-order chi connectivity index (χ0) is 21.7. The third-order valence-corrected chi connectivity index (χ3v) is 5.20. The van der Waals surface area contributed by atoms with Crippen LogP contribution in [0, 0.1) is 11.3 Å². The Morgan fingerprint density at radius 1 is 1.23 bits per heavy atom. The Hall–Kier alpha value is -3.21. The maximum Gasteiger partial charge on any atom is 0.418 e. The number of nitriles is 1. The summed E-state index contributed by atoms with van der Waals surface area (Å²) in [6.07, 6.45) is -3.26. The lowest BCUT2D eigenvalue weighted by Crippen LogP contribution is -2.43. The molecule has 1 amide bonds. The zero-order valence-corrected chi connectivity index (χ0v) is 16.5. The van der Waals surface area contributed by atoms with Crippen LogP contribution < -0.4 is 10.1 Å². The predicted molar refractivity (Wildman–Crippen MR) is 106 cm³/mol. The Kier molecular flexibility index (Phi) is 6.50. The van der Waals surface area contributed by atoms with Gasteiger partial charge in [0.05, 0.1) is 30.7 Å². The third-order valence-electron chi connectivity index (χ3n) is 5.20. The van der Waals surface area contributed by atoms with Crippen LogP contribution in [0.4, 0.5) is 18.9 Å². The summed E-state index contributed by atoms with van der Waals surface area (Å²) in [5.41, 5.74) is -0.126. The van der Waals surface area contributed by atoms with Gasteiger partial charge >= 0.3 is 6.18 Å². The summed E-state index contributed by atoms with van der Waals surface area (Å²) in [7, 11) is 1.55. The molecule has 1 fully saturated rings. The average molecular weight is 417 g/mol. The highest BCUT2D eigenvalue weighted by molar-refractivity contribution is 5.79. The van der Waals surface area contributed by atoms with Gasteiger partial charge in [0.1, 0.15) is 5.75 Å². The molecule has 1 saturated heterocycles. The van der Waals surface area contributed by atoms with Crippen molar-refractivity contribution in [3.8, 4) is 11.8 Å². The van der Waals surface area contributed by atoms with Crippen molar-refractivity contribution in [2.75, 3.05) is 25.5 Å². The van der Waals surface area contributed by atoms with Crippen LogP contribution in [0.2, 0.25) is 0 Å². The van der Waals surface area contributed by atoms with Gasteiger partial charge < -0.3 is 15.0 Å². The molecule has 1 aliphatic rings. The second kappa shape index (κ2) is 9.08. The van der Waals surface area contributed by atoms with Crippen LogP contribution in [0.5, 0.6) is 5.75 Å². The Labute approximate surface area is 173 Å². The minimum Gasteiger partial charge on any atom is -0.496 e. The number of rotatable bonds is 5. The standard InChI is InChI=1S/C22H22F3N3O2/c1-30-20-5-3-2-4-16(20)13-21(29)28-10-8-17(9-11-28)27-19-7-6-15(14-26)12-18(19)22(23,24)25/h2-7,12,17,27H,8-11,13H2,1H3. The first kappa shape index (κ1) is 21.5. The number of nitrogens with zero attached hydrogens (tertiary/aromatic N) is 2. The number of carbonyl (C=O) groups is 1. The monoisotopic (exact) mass is 417 g/mol. The van der Waals surface area contributed by atoms with E-state index in [1.807, 2.05) is 18.2 Å². The van der Waals surface area contributed by atoms with Gasteiger partial charge in [-0.3, -0.25) is 4.79 Å². The van der Waals surface area contributed by atoms with E-state index in [0.29, 0.717) is 31.7 Å². The summed E-state index contributed by atoms with van der Waals surface area (Å²) >= 11 is 0. The van der Waals surface area contributed by atoms with Crippen molar-refractivity contribution >= 4 is 11.6 Å². The van der Waals surface area contributed by atoms with Crippen molar-refractivity contribution in [2.24, 2.45) is 0 Å². The van der Waals surface area contributed by atoms with Crippen molar-refractivity contribution in [1.29, 1.82) is 5.26 Å². The number of likely N-dealkylation sites (tertiary alicyclic amines) is 1. The van der Waals surface area contributed by atoms with E-state index in [4.69, 9.17) is 10.00 Å². The number of amides is 1. The summed E-state index contributed by atoms with van der Waals surface area (Å²) in [4.78, 5) is 14.4. The topological polar surface area (TPSA) is 65.4 Å². The lowest BCUT2D eigenvalue weighted by atomic mass is 10.0. The molecule has 3 rings (SSSR count). The number of piperidine rings is 1. The summed E-state index contributed by atoms with van der Waals surface area (Å²) in [5, 5.41) is 11.8. The van der Waals surface area contributed by atoms with Gasteiger partial charge in [-0.15, -0.1) is 0 Å². The number of methoxy groups -OCH3 is 1. The molecule has 0 aromatic heterocycles. The first-order valence-corrected chi connectivity index (χ1v) is 9.59. The largest absolute Gasteiger partial charge is 0.496 e. The fraction of sp³-hybridized carbons (Fsp3) is 0.364. The number of hydrogen-bond acceptors (Lipinski definition) is 4. The van der Waals surface area contributed by atoms with Gasteiger partial charge in [-0.1, -0.05) is 18.2 Å². The lowest BCUT2D eigenvalue weighted by molar-refractivity contribution is -0.137. The normalized spacial score (nSPS) is 14.8. The maximum absolute atomic E-state index is 13.3. The molecule has 5 nitrogen and oxygen atoms in total. The zero-order valence-electron chi connectivity index (χ0n) is 16.5. The molecule has 1 heterocycles. The van der Waals surface area contributed by atoms with Crippen molar-refractivity contribution in [3.63, 3.8) is 0 Å². The second-order valence-corrected chi connectivity index (χ2v) is 7.16. The number of anilines is 1. The number of para-hydroxylation sites is 1. The van der Waals surface area contributed by atoms with Gasteiger partial charge in [-0.2, -0.15) is 18.4 Å². The second-order valence-electron chi connectivity index (χ2n) is 7.16. The fourth-order valence-corrected chi connectivity index (χ4v) is 3.59. The number of ether oxygens (including phenoxy) is 1. The quantitative estimate of drug-likeness (QED) is 0.791. The van der Waals surface area contributed by atoms with Crippen LogP contribution in [-0.2, 0) is 17.4 Å². The van der Waals surface area contributed by atoms with Gasteiger partial charge in [0, 0.05) is 30.4 Å². The molecule has 0 unspecified atom stereocenters. The van der Waals surface area contributed by atoms with Crippen LogP contribution in [0.1, 0.15) is 29.5 Å². The van der Waals surface area contributed by atoms with E-state index in [1.165, 1.54) is 12.1 Å². The molecule has 0 radical (unpaired) electrons. The van der Waals surface area contributed by atoms with Crippen molar-refractivity contribution in [3.05, 3.63) is 59.2 Å². The Bertz CT molecular complexity index is 945. The van der Waals surface area contributed by atoms with E-state index in [9.17, 15) is 18.0 Å². The molecule has 0 aliphatic carbocycles. The summed E-state index contributed by atoms with van der Waals surface area (Å²) in [6.45, 7) is 0.923. The molecule has 0 bridgehead atoms. The Balaban J connectivity index is 1.61. The molecule has 2 aromatic rings. The number of hydrogen-bond donors (Lipinski definition) is 1. The van der Waals surface area contributed by atoms with Crippen LogP contribution in [-0.4, -0.2) is 37.0 Å². The van der Waals surface area contributed by atoms with Crippen molar-refractivity contribution in [1.82, 2.24) is 4.90 Å². The molecule has 30 heavy (non-hydrogen) atoms. The van der Waals surface area contributed by atoms with Crippen LogP contribution in [0.15, 0.2) is 42.5 Å². The van der Waals surface area contributed by atoms with Gasteiger partial charge in [0.25, 0.3) is 0 Å². The molecule has 0 atom stereocenters. The molecule has 1 N–H and O–H groups in total. The fourth-order valence-electron chi connectivity index (χ4n) is 3.59. The Morgan fingerprint density at radius 2 is 1.93 bits per heavy atom. The molecule has 0 spiro atoms. The molecular weight excluding hydrogens is 395 g/mol. The third kappa shape index (κ3) is 5.03. The van der Waals surface area contributed by atoms with Crippen molar-refractivity contribution < 1.29 is 22.7 Å². The summed E-state index contributed by atoms with van der Waals surface area (Å²) in [6, 6.07) is 12.4.